The number of fused-ring (bicyclic) bond motifs is 3. The first-order chi connectivity index (χ1) is 26.4. The summed E-state index contributed by atoms with van der Waals surface area (Å²) in [4.78, 5) is 67.9. The van der Waals surface area contributed by atoms with E-state index in [0.717, 1.165) is 11.3 Å². The van der Waals surface area contributed by atoms with Gasteiger partial charge in [0, 0.05) is 23.1 Å². The predicted molar refractivity (Wildman–Crippen MR) is 201 cm³/mol. The average molecular weight is 795 g/mol. The molecule has 1 unspecified atom stereocenters. The molecule has 0 saturated heterocycles. The highest BCUT2D eigenvalue weighted by Crippen LogP contribution is 2.32. The summed E-state index contributed by atoms with van der Waals surface area (Å²) in [6.07, 6.45) is -0.614. The normalized spacial score (nSPS) is 11.1. The van der Waals surface area contributed by atoms with Crippen LogP contribution in [-0.2, 0) is 27.2 Å². The SMILES string of the molecule is CCOc1cc(O)c2c(=O)oc(C(C)C(=O)O)cc2c1.COc1cc(O)c2c(=O)oc(CC(=O)O)cc2c1.COc1cc(O)c2c(=O)sc(CC(=O)O)cc2c1. The fraction of sp³-hybridized carbons (Fsp3) is 0.211. The molecular weight excluding hydrogens is 760 g/mol. The molecule has 6 aromatic rings. The highest BCUT2D eigenvalue weighted by atomic mass is 32.1. The van der Waals surface area contributed by atoms with Crippen molar-refractivity contribution in [2.75, 3.05) is 20.8 Å². The van der Waals surface area contributed by atoms with Crippen molar-refractivity contribution in [2.45, 2.75) is 32.6 Å². The van der Waals surface area contributed by atoms with Gasteiger partial charge in [0.05, 0.1) is 32.6 Å². The number of carbonyl (C=O) groups is 3. The van der Waals surface area contributed by atoms with Crippen molar-refractivity contribution < 1.29 is 68.1 Å². The smallest absolute Gasteiger partial charge is 0.347 e. The van der Waals surface area contributed by atoms with Crippen LogP contribution < -0.4 is 30.2 Å². The van der Waals surface area contributed by atoms with Gasteiger partial charge in [-0.3, -0.25) is 19.2 Å². The molecule has 0 radical (unpaired) electrons. The Bertz CT molecular complexity index is 2520. The first-order valence-electron chi connectivity index (χ1n) is 16.2. The second-order valence-electron chi connectivity index (χ2n) is 11.7. The number of aliphatic carboxylic acids is 3. The third kappa shape index (κ3) is 9.91. The summed E-state index contributed by atoms with van der Waals surface area (Å²) in [6.45, 7) is 3.61. The van der Waals surface area contributed by atoms with E-state index in [1.807, 2.05) is 0 Å². The number of aromatic hydroxyl groups is 3. The summed E-state index contributed by atoms with van der Waals surface area (Å²) < 4.78 is 24.6. The van der Waals surface area contributed by atoms with Crippen molar-refractivity contribution in [3.05, 3.63) is 101 Å². The van der Waals surface area contributed by atoms with Gasteiger partial charge < -0.3 is 53.7 Å². The van der Waals surface area contributed by atoms with Crippen molar-refractivity contribution in [1.82, 2.24) is 0 Å². The Morgan fingerprint density at radius 1 is 0.661 bits per heavy atom. The lowest BCUT2D eigenvalue weighted by molar-refractivity contribution is -0.139. The second-order valence-corrected chi connectivity index (χ2v) is 12.8. The van der Waals surface area contributed by atoms with Crippen molar-refractivity contribution >= 4 is 61.6 Å². The van der Waals surface area contributed by atoms with E-state index >= 15 is 0 Å². The molecule has 17 nitrogen and oxygen atoms in total. The Labute approximate surface area is 318 Å². The van der Waals surface area contributed by atoms with Gasteiger partial charge in [-0.05, 0) is 66.4 Å². The van der Waals surface area contributed by atoms with Crippen LogP contribution in [0.25, 0.3) is 32.3 Å². The van der Waals surface area contributed by atoms with Gasteiger partial charge in [0.1, 0.15) is 69.1 Å². The maximum Gasteiger partial charge on any atom is 0.347 e. The van der Waals surface area contributed by atoms with Crippen LogP contribution in [-0.4, -0.2) is 69.4 Å². The number of methoxy groups -OCH3 is 2. The molecule has 1 atom stereocenters. The van der Waals surface area contributed by atoms with Crippen molar-refractivity contribution in [2.24, 2.45) is 0 Å². The predicted octanol–water partition coefficient (Wildman–Crippen LogP) is 4.82. The van der Waals surface area contributed by atoms with Crippen LogP contribution in [0.15, 0.2) is 77.8 Å². The van der Waals surface area contributed by atoms with E-state index in [0.29, 0.717) is 44.9 Å². The number of rotatable bonds is 10. The summed E-state index contributed by atoms with van der Waals surface area (Å²) in [7, 11) is 2.87. The van der Waals surface area contributed by atoms with Crippen LogP contribution in [0.3, 0.4) is 0 Å². The number of ether oxygens (including phenoxy) is 3. The first kappa shape index (κ1) is 41.7. The van der Waals surface area contributed by atoms with Gasteiger partial charge in [-0.2, -0.15) is 0 Å². The lowest BCUT2D eigenvalue weighted by atomic mass is 10.1. The van der Waals surface area contributed by atoms with Crippen LogP contribution in [0.2, 0.25) is 0 Å². The summed E-state index contributed by atoms with van der Waals surface area (Å²) in [5.74, 6) is -3.61. The standard InChI is InChI=1S/C14H14O6.C12H10O6.C12H10O5S/c1-3-19-9-4-8-5-11(7(2)13(16)17)20-14(18)12(8)10(15)6-9;2*1-17-7-2-6-3-8(5-10(14)15)18-12(16)11(6)9(13)4-7/h4-7,15H,3H2,1-2H3,(H,16,17);2*2-4,13H,5H2,1H3,(H,14,15). The van der Waals surface area contributed by atoms with Crippen LogP contribution >= 0.6 is 11.3 Å². The van der Waals surface area contributed by atoms with E-state index in [-0.39, 0.29) is 56.1 Å². The van der Waals surface area contributed by atoms with Gasteiger partial charge in [-0.1, -0.05) is 11.3 Å². The van der Waals surface area contributed by atoms with Crippen molar-refractivity contribution in [3.8, 4) is 34.5 Å². The lowest BCUT2D eigenvalue weighted by Gasteiger charge is -2.09. The number of phenols is 3. The van der Waals surface area contributed by atoms with Crippen molar-refractivity contribution in [1.29, 1.82) is 0 Å². The Balaban J connectivity index is 0.000000187. The topological polar surface area (TPSA) is 278 Å². The number of benzene rings is 3. The Hall–Kier alpha value is -7.08. The first-order valence-corrected chi connectivity index (χ1v) is 17.0. The van der Waals surface area contributed by atoms with Crippen LogP contribution in [0.5, 0.6) is 34.5 Å². The van der Waals surface area contributed by atoms with E-state index in [4.69, 9.17) is 38.4 Å². The van der Waals surface area contributed by atoms with Gasteiger partial charge in [-0.25, -0.2) is 9.59 Å². The number of hydrogen-bond acceptors (Lipinski definition) is 15. The van der Waals surface area contributed by atoms with E-state index < -0.39 is 41.5 Å². The second kappa shape index (κ2) is 17.8. The van der Waals surface area contributed by atoms with Crippen LogP contribution in [0, 0.1) is 0 Å². The molecule has 0 aliphatic rings. The molecular formula is C38H34O17S. The highest BCUT2D eigenvalue weighted by Gasteiger charge is 2.20. The molecule has 294 valence electrons. The zero-order chi connectivity index (χ0) is 41.4. The third-order valence-electron chi connectivity index (χ3n) is 7.80. The minimum Gasteiger partial charge on any atom is -0.507 e. The van der Waals surface area contributed by atoms with Gasteiger partial charge in [-0.15, -0.1) is 0 Å². The van der Waals surface area contributed by atoms with E-state index in [1.54, 1.807) is 25.1 Å². The summed E-state index contributed by atoms with van der Waals surface area (Å²) in [5, 5.41) is 57.0. The molecule has 3 aromatic heterocycles. The summed E-state index contributed by atoms with van der Waals surface area (Å²) in [6, 6.07) is 13.1. The molecule has 6 rings (SSSR count). The summed E-state index contributed by atoms with van der Waals surface area (Å²) >= 11 is 0.826. The minimum atomic E-state index is -1.11. The molecule has 56 heavy (non-hydrogen) atoms. The average Bonchev–Trinajstić information content (AvgIpc) is 3.10. The van der Waals surface area contributed by atoms with Gasteiger partial charge in [0.25, 0.3) is 0 Å². The van der Waals surface area contributed by atoms with E-state index in [1.165, 1.54) is 57.5 Å². The van der Waals surface area contributed by atoms with Gasteiger partial charge in [0.15, 0.2) is 0 Å². The fourth-order valence-corrected chi connectivity index (χ4v) is 6.20. The maximum atomic E-state index is 11.9. The minimum absolute atomic E-state index is 0.00457. The zero-order valence-electron chi connectivity index (χ0n) is 30.0. The number of carboxylic acids is 3. The molecule has 3 heterocycles. The molecule has 0 aliphatic heterocycles. The zero-order valence-corrected chi connectivity index (χ0v) is 30.8. The Morgan fingerprint density at radius 2 is 1.14 bits per heavy atom. The van der Waals surface area contributed by atoms with Gasteiger partial charge >= 0.3 is 29.2 Å². The fourth-order valence-electron chi connectivity index (χ4n) is 5.25. The largest absolute Gasteiger partial charge is 0.507 e. The molecule has 0 fully saturated rings. The highest BCUT2D eigenvalue weighted by molar-refractivity contribution is 7.10. The molecule has 0 spiro atoms. The monoisotopic (exact) mass is 794 g/mol. The maximum absolute atomic E-state index is 11.9. The Kier molecular flexibility index (Phi) is 13.3. The molecule has 18 heteroatoms. The van der Waals surface area contributed by atoms with Crippen LogP contribution in [0.1, 0.15) is 36.2 Å². The number of phenolic OH excluding ortho intramolecular Hbond substituents is 3. The molecule has 3 aromatic carbocycles. The van der Waals surface area contributed by atoms with E-state index in [2.05, 4.69) is 0 Å². The van der Waals surface area contributed by atoms with Crippen LogP contribution in [0.4, 0.5) is 0 Å². The number of carboxylic acid groups (broad SMARTS) is 3. The third-order valence-corrected chi connectivity index (χ3v) is 8.71. The van der Waals surface area contributed by atoms with Crippen molar-refractivity contribution in [3.63, 3.8) is 0 Å². The molecule has 0 aliphatic carbocycles. The molecule has 0 amide bonds. The van der Waals surface area contributed by atoms with E-state index in [9.17, 15) is 44.1 Å². The molecule has 6 N–H and O–H groups in total. The Morgan fingerprint density at radius 3 is 1.66 bits per heavy atom. The lowest BCUT2D eigenvalue weighted by Crippen LogP contribution is -2.11. The summed E-state index contributed by atoms with van der Waals surface area (Å²) in [5.41, 5.74) is -1.55. The quantitative estimate of drug-likeness (QED) is 0.108. The molecule has 0 bridgehead atoms. The van der Waals surface area contributed by atoms with Gasteiger partial charge in [0.2, 0.25) is 4.74 Å². The molecule has 0 saturated carbocycles. The number of hydrogen-bond donors (Lipinski definition) is 6.